The number of benzene rings is 2. The van der Waals surface area contributed by atoms with E-state index >= 15 is 0 Å². The summed E-state index contributed by atoms with van der Waals surface area (Å²) in [7, 11) is -1.66. The van der Waals surface area contributed by atoms with Crippen LogP contribution in [0.2, 0.25) is 19.6 Å². The molecular formula is C18H20OSi. The Bertz CT molecular complexity index is 603. The van der Waals surface area contributed by atoms with Gasteiger partial charge >= 0.3 is 0 Å². The highest BCUT2D eigenvalue weighted by molar-refractivity contribution is 6.70. The lowest BCUT2D eigenvalue weighted by Gasteiger charge is -2.20. The first-order valence-electron chi connectivity index (χ1n) is 6.81. The summed E-state index contributed by atoms with van der Waals surface area (Å²) in [6, 6.07) is 20.3. The van der Waals surface area contributed by atoms with Crippen molar-refractivity contribution in [2.45, 2.75) is 19.6 Å². The predicted molar refractivity (Wildman–Crippen MR) is 88.7 cm³/mol. The third-order valence-electron chi connectivity index (χ3n) is 2.61. The molecule has 0 aromatic heterocycles. The molecule has 2 aromatic rings. The molecule has 2 aromatic carbocycles. The minimum atomic E-state index is -1.66. The Hall–Kier alpha value is -2.02. The summed E-state index contributed by atoms with van der Waals surface area (Å²) in [6.45, 7) is 6.54. The quantitative estimate of drug-likeness (QED) is 0.425. The minimum Gasteiger partial charge on any atom is -0.539 e. The van der Waals surface area contributed by atoms with Gasteiger partial charge in [0.05, 0.1) is 0 Å². The zero-order chi connectivity index (χ0) is 14.4. The summed E-state index contributed by atoms with van der Waals surface area (Å²) in [5.74, 6) is 0.827. The van der Waals surface area contributed by atoms with E-state index in [0.29, 0.717) is 0 Å². The average Bonchev–Trinajstić information content (AvgIpc) is 2.44. The van der Waals surface area contributed by atoms with E-state index in [1.54, 1.807) is 0 Å². The highest BCUT2D eigenvalue weighted by Crippen LogP contribution is 2.20. The van der Waals surface area contributed by atoms with Crippen molar-refractivity contribution in [1.82, 2.24) is 0 Å². The zero-order valence-electron chi connectivity index (χ0n) is 12.3. The largest absolute Gasteiger partial charge is 0.539 e. The summed E-state index contributed by atoms with van der Waals surface area (Å²) in [6.07, 6.45) is 1.97. The predicted octanol–water partition coefficient (Wildman–Crippen LogP) is 5.19. The van der Waals surface area contributed by atoms with Crippen LogP contribution in [-0.2, 0) is 4.43 Å². The lowest BCUT2D eigenvalue weighted by molar-refractivity contribution is 0.515. The molecule has 0 saturated heterocycles. The summed E-state index contributed by atoms with van der Waals surface area (Å²) in [5, 5.41) is 0. The molecule has 102 valence electrons. The topological polar surface area (TPSA) is 9.23 Å². The van der Waals surface area contributed by atoms with Gasteiger partial charge in [-0.15, -0.1) is 0 Å². The molecule has 0 atom stereocenters. The van der Waals surface area contributed by atoms with Crippen molar-refractivity contribution in [3.05, 3.63) is 77.5 Å². The van der Waals surface area contributed by atoms with E-state index in [9.17, 15) is 0 Å². The first kappa shape index (κ1) is 14.4. The highest BCUT2D eigenvalue weighted by atomic mass is 28.4. The smallest absolute Gasteiger partial charge is 0.243 e. The molecule has 0 unspecified atom stereocenters. The molecule has 0 fully saturated rings. The second kappa shape index (κ2) is 6.42. The summed E-state index contributed by atoms with van der Waals surface area (Å²) in [5.41, 5.74) is 5.51. The van der Waals surface area contributed by atoms with E-state index in [0.717, 1.165) is 16.9 Å². The van der Waals surface area contributed by atoms with Crippen LogP contribution in [0.15, 0.2) is 66.4 Å². The normalized spacial score (nSPS) is 10.6. The van der Waals surface area contributed by atoms with Gasteiger partial charge in [0.1, 0.15) is 0 Å². The molecule has 2 heteroatoms. The van der Waals surface area contributed by atoms with Crippen molar-refractivity contribution in [2.75, 3.05) is 0 Å². The van der Waals surface area contributed by atoms with E-state index in [4.69, 9.17) is 4.43 Å². The molecular weight excluding hydrogens is 260 g/mol. The molecule has 0 spiro atoms. The minimum absolute atomic E-state index is 0.827. The third kappa shape index (κ3) is 4.58. The van der Waals surface area contributed by atoms with Crippen LogP contribution >= 0.6 is 0 Å². The molecule has 0 saturated carbocycles. The Kier molecular flexibility index (Phi) is 4.62. The van der Waals surface area contributed by atoms with Gasteiger partial charge in [-0.05, 0) is 31.3 Å². The number of hydrogen-bond donors (Lipinski definition) is 0. The van der Waals surface area contributed by atoms with Crippen LogP contribution in [0.1, 0.15) is 11.1 Å². The zero-order valence-corrected chi connectivity index (χ0v) is 13.3. The van der Waals surface area contributed by atoms with Gasteiger partial charge < -0.3 is 4.43 Å². The summed E-state index contributed by atoms with van der Waals surface area (Å²) >= 11 is 0. The Morgan fingerprint density at radius 1 is 0.900 bits per heavy atom. The molecule has 0 aliphatic carbocycles. The van der Waals surface area contributed by atoms with E-state index in [-0.39, 0.29) is 0 Å². The van der Waals surface area contributed by atoms with Gasteiger partial charge in [-0.2, -0.15) is 0 Å². The van der Waals surface area contributed by atoms with Gasteiger partial charge in [0.25, 0.3) is 0 Å². The van der Waals surface area contributed by atoms with Crippen molar-refractivity contribution >= 4 is 20.2 Å². The van der Waals surface area contributed by atoms with E-state index in [1.165, 1.54) is 0 Å². The fourth-order valence-electron chi connectivity index (χ4n) is 1.77. The van der Waals surface area contributed by atoms with Crippen LogP contribution in [0.3, 0.4) is 0 Å². The molecule has 0 amide bonds. The van der Waals surface area contributed by atoms with Crippen molar-refractivity contribution in [1.29, 1.82) is 0 Å². The number of hydrogen-bond acceptors (Lipinski definition) is 1. The Balaban J connectivity index is 2.39. The van der Waals surface area contributed by atoms with Gasteiger partial charge in [0.15, 0.2) is 5.76 Å². The maximum absolute atomic E-state index is 6.16. The molecule has 1 nitrogen and oxygen atoms in total. The van der Waals surface area contributed by atoms with Crippen LogP contribution in [0, 0.1) is 0 Å². The Morgan fingerprint density at radius 2 is 1.45 bits per heavy atom. The third-order valence-corrected chi connectivity index (χ3v) is 3.43. The van der Waals surface area contributed by atoms with Gasteiger partial charge in [0, 0.05) is 5.56 Å². The van der Waals surface area contributed by atoms with Gasteiger partial charge in [-0.3, -0.25) is 0 Å². The van der Waals surface area contributed by atoms with Crippen LogP contribution < -0.4 is 0 Å². The fraction of sp³-hybridized carbons (Fsp3) is 0.167. The van der Waals surface area contributed by atoms with E-state index in [2.05, 4.69) is 49.6 Å². The fourth-order valence-corrected chi connectivity index (χ4v) is 2.55. The second-order valence-electron chi connectivity index (χ2n) is 5.61. The van der Waals surface area contributed by atoms with Crippen molar-refractivity contribution in [3.63, 3.8) is 0 Å². The summed E-state index contributed by atoms with van der Waals surface area (Å²) < 4.78 is 6.16. The first-order chi connectivity index (χ1) is 9.54. The van der Waals surface area contributed by atoms with Crippen molar-refractivity contribution in [2.24, 2.45) is 0 Å². The molecule has 0 radical (unpaired) electrons. The molecule has 0 bridgehead atoms. The average molecular weight is 280 g/mol. The Labute approximate surface area is 122 Å². The monoisotopic (exact) mass is 280 g/mol. The van der Waals surface area contributed by atoms with Crippen LogP contribution in [0.5, 0.6) is 0 Å². The standard InChI is InChI=1S/C18H20OSi/c1-20(2,3)19-18(17-12-8-5-9-13-17)15-14-16-10-6-4-7-11-16/h4-14H,1-3H3. The van der Waals surface area contributed by atoms with Crippen molar-refractivity contribution < 1.29 is 4.43 Å². The maximum atomic E-state index is 6.16. The highest BCUT2D eigenvalue weighted by Gasteiger charge is 2.18. The van der Waals surface area contributed by atoms with Gasteiger partial charge in [-0.25, -0.2) is 0 Å². The molecule has 0 N–H and O–H groups in total. The lowest BCUT2D eigenvalue weighted by atomic mass is 10.2. The lowest BCUT2D eigenvalue weighted by Crippen LogP contribution is -2.24. The van der Waals surface area contributed by atoms with Crippen LogP contribution in [0.25, 0.3) is 11.8 Å². The number of rotatable bonds is 4. The molecule has 0 aliphatic rings. The maximum Gasteiger partial charge on any atom is 0.243 e. The first-order valence-corrected chi connectivity index (χ1v) is 10.2. The van der Waals surface area contributed by atoms with Gasteiger partial charge in [0.2, 0.25) is 8.32 Å². The van der Waals surface area contributed by atoms with Gasteiger partial charge in [-0.1, -0.05) is 66.4 Å². The molecule has 20 heavy (non-hydrogen) atoms. The van der Waals surface area contributed by atoms with E-state index < -0.39 is 8.32 Å². The molecule has 0 heterocycles. The van der Waals surface area contributed by atoms with Crippen molar-refractivity contribution in [3.8, 4) is 0 Å². The second-order valence-corrected chi connectivity index (χ2v) is 10.0. The SMILES string of the molecule is C[Si](C)(C)OC(=C=Cc1ccccc1)c1ccccc1. The van der Waals surface area contributed by atoms with E-state index in [1.807, 2.05) is 42.5 Å². The molecule has 0 aliphatic heterocycles. The molecule has 2 rings (SSSR count). The van der Waals surface area contributed by atoms with Crippen LogP contribution in [-0.4, -0.2) is 8.32 Å². The Morgan fingerprint density at radius 3 is 2.00 bits per heavy atom. The van der Waals surface area contributed by atoms with Crippen LogP contribution in [0.4, 0.5) is 0 Å². The summed E-state index contributed by atoms with van der Waals surface area (Å²) in [4.78, 5) is 0.